The maximum Gasteiger partial charge on any atom is 0.134 e. The van der Waals surface area contributed by atoms with Gasteiger partial charge in [-0.3, -0.25) is 0 Å². The van der Waals surface area contributed by atoms with Crippen LogP contribution in [0.4, 0.5) is 5.82 Å². The Hall–Kier alpha value is -0.610. The molecule has 1 atom stereocenters. The van der Waals surface area contributed by atoms with Crippen LogP contribution < -0.4 is 4.90 Å². The SMILES string of the molecule is CC(C)(C)C1CCCN(c2ncc(Br)cc2CO)CC1. The smallest absolute Gasteiger partial charge is 0.134 e. The van der Waals surface area contributed by atoms with Gasteiger partial charge in [0.05, 0.1) is 6.61 Å². The quantitative estimate of drug-likeness (QED) is 0.884. The van der Waals surface area contributed by atoms with Gasteiger partial charge in [-0.2, -0.15) is 0 Å². The second-order valence-electron chi connectivity index (χ2n) is 6.78. The molecule has 1 unspecified atom stereocenters. The predicted octanol–water partition coefficient (Wildman–Crippen LogP) is 3.99. The summed E-state index contributed by atoms with van der Waals surface area (Å²) >= 11 is 3.42. The number of halogens is 1. The van der Waals surface area contributed by atoms with Crippen LogP contribution in [0.2, 0.25) is 0 Å². The summed E-state index contributed by atoms with van der Waals surface area (Å²) in [4.78, 5) is 6.86. The number of aliphatic hydroxyl groups excluding tert-OH is 1. The number of hydrogen-bond acceptors (Lipinski definition) is 3. The van der Waals surface area contributed by atoms with E-state index in [-0.39, 0.29) is 6.61 Å². The first-order chi connectivity index (χ1) is 9.41. The second-order valence-corrected chi connectivity index (χ2v) is 7.69. The second kappa shape index (κ2) is 6.44. The third kappa shape index (κ3) is 3.73. The van der Waals surface area contributed by atoms with Crippen molar-refractivity contribution in [3.05, 3.63) is 22.3 Å². The Morgan fingerprint density at radius 2 is 2.10 bits per heavy atom. The largest absolute Gasteiger partial charge is 0.392 e. The molecule has 0 saturated carbocycles. The van der Waals surface area contributed by atoms with Crippen molar-refractivity contribution in [3.8, 4) is 0 Å². The molecule has 112 valence electrons. The topological polar surface area (TPSA) is 36.4 Å². The molecule has 1 aromatic rings. The molecule has 1 N–H and O–H groups in total. The average molecular weight is 341 g/mol. The van der Waals surface area contributed by atoms with E-state index < -0.39 is 0 Å². The van der Waals surface area contributed by atoms with Crippen LogP contribution in [0, 0.1) is 11.3 Å². The molecule has 0 aromatic carbocycles. The van der Waals surface area contributed by atoms with Gasteiger partial charge in [0.15, 0.2) is 0 Å². The number of hydrogen-bond donors (Lipinski definition) is 1. The fourth-order valence-corrected chi connectivity index (χ4v) is 3.43. The Labute approximate surface area is 130 Å². The Bertz CT molecular complexity index is 456. The molecule has 0 bridgehead atoms. The van der Waals surface area contributed by atoms with Crippen molar-refractivity contribution in [2.45, 2.75) is 46.6 Å². The normalized spacial score (nSPS) is 20.9. The molecule has 2 heterocycles. The van der Waals surface area contributed by atoms with Crippen molar-refractivity contribution in [3.63, 3.8) is 0 Å². The molecule has 4 heteroatoms. The Kier molecular flexibility index (Phi) is 5.08. The van der Waals surface area contributed by atoms with Crippen LogP contribution >= 0.6 is 15.9 Å². The van der Waals surface area contributed by atoms with Gasteiger partial charge >= 0.3 is 0 Å². The molecule has 20 heavy (non-hydrogen) atoms. The molecule has 1 saturated heterocycles. The highest BCUT2D eigenvalue weighted by Crippen LogP contribution is 2.35. The maximum absolute atomic E-state index is 9.54. The van der Waals surface area contributed by atoms with Crippen molar-refractivity contribution in [1.82, 2.24) is 4.98 Å². The van der Waals surface area contributed by atoms with Gasteiger partial charge in [0.25, 0.3) is 0 Å². The predicted molar refractivity (Wildman–Crippen MR) is 86.9 cm³/mol. The van der Waals surface area contributed by atoms with Gasteiger partial charge in [0.2, 0.25) is 0 Å². The van der Waals surface area contributed by atoms with Crippen molar-refractivity contribution < 1.29 is 5.11 Å². The summed E-state index contributed by atoms with van der Waals surface area (Å²) in [7, 11) is 0. The molecule has 0 radical (unpaired) electrons. The standard InChI is InChI=1S/C16H25BrN2O/c1-16(2,3)13-5-4-7-19(8-6-13)15-12(11-20)9-14(17)10-18-15/h9-10,13,20H,4-8,11H2,1-3H3. The maximum atomic E-state index is 9.54. The van der Waals surface area contributed by atoms with E-state index in [1.165, 1.54) is 19.3 Å². The Morgan fingerprint density at radius 1 is 1.35 bits per heavy atom. The van der Waals surface area contributed by atoms with Crippen LogP contribution in [0.5, 0.6) is 0 Å². The number of aliphatic hydroxyl groups is 1. The Morgan fingerprint density at radius 3 is 2.75 bits per heavy atom. The van der Waals surface area contributed by atoms with E-state index in [1.807, 2.05) is 12.3 Å². The van der Waals surface area contributed by atoms with Crippen LogP contribution in [-0.4, -0.2) is 23.2 Å². The summed E-state index contributed by atoms with van der Waals surface area (Å²) in [6, 6.07) is 1.97. The summed E-state index contributed by atoms with van der Waals surface area (Å²) < 4.78 is 0.924. The minimum Gasteiger partial charge on any atom is -0.392 e. The molecule has 2 rings (SSSR count). The summed E-state index contributed by atoms with van der Waals surface area (Å²) in [6.45, 7) is 9.12. The molecule has 0 amide bonds. The molecule has 1 aromatic heterocycles. The first-order valence-electron chi connectivity index (χ1n) is 7.42. The van der Waals surface area contributed by atoms with Crippen LogP contribution in [0.1, 0.15) is 45.6 Å². The van der Waals surface area contributed by atoms with Crippen LogP contribution in [0.25, 0.3) is 0 Å². The third-order valence-electron chi connectivity index (χ3n) is 4.33. The number of anilines is 1. The highest BCUT2D eigenvalue weighted by molar-refractivity contribution is 9.10. The monoisotopic (exact) mass is 340 g/mol. The minimum absolute atomic E-state index is 0.0426. The van der Waals surface area contributed by atoms with Crippen molar-refractivity contribution in [2.75, 3.05) is 18.0 Å². The van der Waals surface area contributed by atoms with Gasteiger partial charge in [0, 0.05) is 29.3 Å². The zero-order chi connectivity index (χ0) is 14.8. The lowest BCUT2D eigenvalue weighted by atomic mass is 9.77. The van der Waals surface area contributed by atoms with Gasteiger partial charge in [-0.15, -0.1) is 0 Å². The summed E-state index contributed by atoms with van der Waals surface area (Å²) in [6.07, 6.45) is 5.50. The minimum atomic E-state index is 0.0426. The molecule has 0 aliphatic carbocycles. The van der Waals surface area contributed by atoms with E-state index in [1.54, 1.807) is 0 Å². The third-order valence-corrected chi connectivity index (χ3v) is 4.77. The summed E-state index contributed by atoms with van der Waals surface area (Å²) in [5.74, 6) is 1.71. The van der Waals surface area contributed by atoms with Gasteiger partial charge in [-0.25, -0.2) is 4.98 Å². The van der Waals surface area contributed by atoms with E-state index in [2.05, 4.69) is 46.6 Å². The molecule has 1 aliphatic rings. The zero-order valence-corrected chi connectivity index (χ0v) is 14.3. The number of aromatic nitrogens is 1. The molecule has 1 fully saturated rings. The van der Waals surface area contributed by atoms with Crippen LogP contribution in [0.15, 0.2) is 16.7 Å². The van der Waals surface area contributed by atoms with E-state index in [4.69, 9.17) is 0 Å². The molecule has 0 spiro atoms. The lowest BCUT2D eigenvalue weighted by Crippen LogP contribution is -2.27. The first-order valence-corrected chi connectivity index (χ1v) is 8.21. The first kappa shape index (κ1) is 15.8. The molecular formula is C16H25BrN2O. The average Bonchev–Trinajstić information content (AvgIpc) is 2.63. The number of nitrogens with zero attached hydrogens (tertiary/aromatic N) is 2. The lowest BCUT2D eigenvalue weighted by molar-refractivity contribution is 0.220. The number of pyridine rings is 1. The van der Waals surface area contributed by atoms with E-state index in [0.29, 0.717) is 5.41 Å². The van der Waals surface area contributed by atoms with Crippen molar-refractivity contribution >= 4 is 21.7 Å². The summed E-state index contributed by atoms with van der Waals surface area (Å²) in [5, 5.41) is 9.54. The molecular weight excluding hydrogens is 316 g/mol. The van der Waals surface area contributed by atoms with Crippen LogP contribution in [-0.2, 0) is 6.61 Å². The van der Waals surface area contributed by atoms with Gasteiger partial charge in [-0.05, 0) is 52.6 Å². The lowest BCUT2D eigenvalue weighted by Gasteiger charge is -2.30. The van der Waals surface area contributed by atoms with Crippen LogP contribution in [0.3, 0.4) is 0 Å². The van der Waals surface area contributed by atoms with Gasteiger partial charge in [0.1, 0.15) is 5.82 Å². The summed E-state index contributed by atoms with van der Waals surface area (Å²) in [5.41, 5.74) is 1.29. The fraction of sp³-hybridized carbons (Fsp3) is 0.688. The van der Waals surface area contributed by atoms with Crippen molar-refractivity contribution in [1.29, 1.82) is 0 Å². The van der Waals surface area contributed by atoms with E-state index in [9.17, 15) is 5.11 Å². The van der Waals surface area contributed by atoms with E-state index in [0.717, 1.165) is 34.9 Å². The zero-order valence-electron chi connectivity index (χ0n) is 12.7. The molecule has 1 aliphatic heterocycles. The van der Waals surface area contributed by atoms with Gasteiger partial charge < -0.3 is 10.0 Å². The number of rotatable bonds is 2. The fourth-order valence-electron chi connectivity index (χ4n) is 3.05. The molecule has 3 nitrogen and oxygen atoms in total. The van der Waals surface area contributed by atoms with Gasteiger partial charge in [-0.1, -0.05) is 20.8 Å². The van der Waals surface area contributed by atoms with E-state index >= 15 is 0 Å². The highest BCUT2D eigenvalue weighted by Gasteiger charge is 2.27. The van der Waals surface area contributed by atoms with Crippen molar-refractivity contribution in [2.24, 2.45) is 11.3 Å². The Balaban J connectivity index is 2.15. The highest BCUT2D eigenvalue weighted by atomic mass is 79.9.